The molecule has 0 amide bonds. The molecule has 0 aliphatic carbocycles. The summed E-state index contributed by atoms with van der Waals surface area (Å²) in [6.45, 7) is 1.88. The maximum atomic E-state index is 11.5. The Hall–Kier alpha value is -3.20. The second-order valence-electron chi connectivity index (χ2n) is 4.89. The molecule has 3 aromatic rings. The number of hydrogen-bond donors (Lipinski definition) is 2. The van der Waals surface area contributed by atoms with Crippen LogP contribution >= 0.6 is 0 Å². The number of phenols is 1. The van der Waals surface area contributed by atoms with Gasteiger partial charge in [-0.2, -0.15) is 8.42 Å². The van der Waals surface area contributed by atoms with E-state index in [-0.39, 0.29) is 11.4 Å². The smallest absolute Gasteiger partial charge is 0.354 e. The first-order valence-electron chi connectivity index (χ1n) is 6.94. The van der Waals surface area contributed by atoms with Crippen molar-refractivity contribution in [3.63, 3.8) is 0 Å². The molecule has 0 aliphatic rings. The van der Waals surface area contributed by atoms with Crippen LogP contribution in [0, 0.1) is 6.92 Å². The molecule has 0 bridgehead atoms. The third kappa shape index (κ3) is 4.42. The number of nitrogens with zero attached hydrogens (tertiary/aromatic N) is 1. The molecule has 0 fully saturated rings. The van der Waals surface area contributed by atoms with Gasteiger partial charge < -0.3 is 19.6 Å². The highest BCUT2D eigenvalue weighted by Gasteiger charge is 2.13. The first kappa shape index (κ1) is 18.1. The number of aromatic amines is 1. The van der Waals surface area contributed by atoms with Crippen LogP contribution in [0.4, 0.5) is 0 Å². The molecular formula is C16H14N2O6S. The number of aromatic hydroxyl groups is 1. The molecule has 0 atom stereocenters. The van der Waals surface area contributed by atoms with E-state index in [4.69, 9.17) is 13.2 Å². The van der Waals surface area contributed by atoms with Gasteiger partial charge >= 0.3 is 17.5 Å². The van der Waals surface area contributed by atoms with E-state index < -0.39 is 17.5 Å². The largest absolute Gasteiger partial charge is 0.506 e. The monoisotopic (exact) mass is 362 g/mol. The standard InChI is InChI=1S/C16H14N2O4.O2S/c1-9-3-4-11(8-17-9)22-12-5-10-6-13(16(20)21-2)18-15(10)14(19)7-12;1-3-2/h3-8,18-19H,1-2H3;. The van der Waals surface area contributed by atoms with E-state index in [9.17, 15) is 9.90 Å². The number of nitrogens with one attached hydrogen (secondary N) is 1. The molecule has 3 rings (SSSR count). The van der Waals surface area contributed by atoms with E-state index in [1.54, 1.807) is 24.4 Å². The van der Waals surface area contributed by atoms with E-state index >= 15 is 0 Å². The number of carbonyl (C=O) groups excluding carboxylic acids is 1. The lowest BCUT2D eigenvalue weighted by Gasteiger charge is -2.06. The van der Waals surface area contributed by atoms with Crippen molar-refractivity contribution in [2.45, 2.75) is 6.92 Å². The average Bonchev–Trinajstić information content (AvgIpc) is 3.02. The predicted molar refractivity (Wildman–Crippen MR) is 89.3 cm³/mol. The number of carbonyl (C=O) groups is 1. The average molecular weight is 362 g/mol. The molecule has 1 aromatic carbocycles. The second-order valence-corrected chi connectivity index (χ2v) is 5.02. The summed E-state index contributed by atoms with van der Waals surface area (Å²) in [4.78, 5) is 18.5. The fraction of sp³-hybridized carbons (Fsp3) is 0.125. The summed E-state index contributed by atoms with van der Waals surface area (Å²) in [7, 11) is 1.30. The van der Waals surface area contributed by atoms with Gasteiger partial charge in [0.05, 0.1) is 18.8 Å². The molecule has 2 N–H and O–H groups in total. The molecule has 25 heavy (non-hydrogen) atoms. The molecule has 130 valence electrons. The van der Waals surface area contributed by atoms with Gasteiger partial charge in [-0.15, -0.1) is 0 Å². The van der Waals surface area contributed by atoms with Crippen LogP contribution < -0.4 is 4.74 Å². The minimum Gasteiger partial charge on any atom is -0.506 e. The third-order valence-electron chi connectivity index (χ3n) is 3.21. The summed E-state index contributed by atoms with van der Waals surface area (Å²) in [5, 5.41) is 10.7. The van der Waals surface area contributed by atoms with Crippen molar-refractivity contribution in [3.05, 3.63) is 47.9 Å². The summed E-state index contributed by atoms with van der Waals surface area (Å²) in [5.74, 6) is 0.502. The second kappa shape index (κ2) is 8.06. The lowest BCUT2D eigenvalue weighted by molar-refractivity contribution is 0.0595. The number of methoxy groups -OCH3 is 1. The Balaban J connectivity index is 0.000000701. The normalized spacial score (nSPS) is 9.84. The van der Waals surface area contributed by atoms with Crippen LogP contribution in [0.2, 0.25) is 0 Å². The zero-order valence-corrected chi connectivity index (χ0v) is 14.1. The van der Waals surface area contributed by atoms with Crippen molar-refractivity contribution >= 4 is 28.4 Å². The first-order chi connectivity index (χ1) is 12.0. The van der Waals surface area contributed by atoms with Gasteiger partial charge in [-0.1, -0.05) is 0 Å². The van der Waals surface area contributed by atoms with E-state index in [0.29, 0.717) is 22.4 Å². The van der Waals surface area contributed by atoms with Crippen LogP contribution in [0.15, 0.2) is 36.5 Å². The molecule has 9 heteroatoms. The highest BCUT2D eigenvalue weighted by molar-refractivity contribution is 7.51. The zero-order valence-electron chi connectivity index (χ0n) is 13.3. The van der Waals surface area contributed by atoms with E-state index in [1.165, 1.54) is 13.2 Å². The van der Waals surface area contributed by atoms with Gasteiger partial charge in [0.25, 0.3) is 0 Å². The van der Waals surface area contributed by atoms with Crippen molar-refractivity contribution in [3.8, 4) is 17.2 Å². The van der Waals surface area contributed by atoms with Crippen molar-refractivity contribution < 1.29 is 27.8 Å². The summed E-state index contributed by atoms with van der Waals surface area (Å²) in [6, 6.07) is 8.42. The maximum Gasteiger partial charge on any atom is 0.354 e. The quantitative estimate of drug-likeness (QED) is 0.687. The number of rotatable bonds is 3. The number of aryl methyl sites for hydroxylation is 1. The molecule has 0 saturated carbocycles. The Morgan fingerprint density at radius 1 is 1.20 bits per heavy atom. The summed E-state index contributed by atoms with van der Waals surface area (Å²) in [6.07, 6.45) is 1.60. The summed E-state index contributed by atoms with van der Waals surface area (Å²) < 4.78 is 26.9. The first-order valence-corrected chi connectivity index (χ1v) is 7.61. The summed E-state index contributed by atoms with van der Waals surface area (Å²) >= 11 is -0.750. The molecule has 0 unspecified atom stereocenters. The molecular weight excluding hydrogens is 348 g/mol. The van der Waals surface area contributed by atoms with Gasteiger partial charge in [0.2, 0.25) is 0 Å². The minimum atomic E-state index is -0.750. The van der Waals surface area contributed by atoms with E-state index in [0.717, 1.165) is 5.69 Å². The number of ether oxygens (including phenoxy) is 2. The predicted octanol–water partition coefficient (Wildman–Crippen LogP) is 2.49. The van der Waals surface area contributed by atoms with Crippen molar-refractivity contribution in [1.82, 2.24) is 9.97 Å². The number of fused-ring (bicyclic) bond motifs is 1. The maximum absolute atomic E-state index is 11.5. The van der Waals surface area contributed by atoms with Crippen molar-refractivity contribution in [1.29, 1.82) is 0 Å². The van der Waals surface area contributed by atoms with Gasteiger partial charge in [0, 0.05) is 17.1 Å². The Morgan fingerprint density at radius 3 is 2.52 bits per heavy atom. The van der Waals surface area contributed by atoms with Crippen LogP contribution in [0.5, 0.6) is 17.2 Å². The van der Waals surface area contributed by atoms with Crippen LogP contribution in [0.25, 0.3) is 10.9 Å². The Labute approximate surface area is 146 Å². The van der Waals surface area contributed by atoms with Crippen molar-refractivity contribution in [2.75, 3.05) is 7.11 Å². The number of aromatic nitrogens is 2. The Bertz CT molecular complexity index is 930. The SMILES string of the molecule is COC(=O)c1cc2cc(Oc3ccc(C)nc3)cc(O)c2[nH]1.O=S=O. The number of hydrogen-bond acceptors (Lipinski definition) is 7. The molecule has 2 aromatic heterocycles. The van der Waals surface area contributed by atoms with Crippen LogP contribution in [-0.4, -0.2) is 36.6 Å². The van der Waals surface area contributed by atoms with Crippen LogP contribution in [-0.2, 0) is 16.3 Å². The molecule has 0 spiro atoms. The molecule has 2 heterocycles. The third-order valence-corrected chi connectivity index (χ3v) is 3.21. The van der Waals surface area contributed by atoms with Gasteiger partial charge in [0.15, 0.2) is 0 Å². The van der Waals surface area contributed by atoms with Crippen LogP contribution in [0.3, 0.4) is 0 Å². The van der Waals surface area contributed by atoms with Crippen LogP contribution in [0.1, 0.15) is 16.2 Å². The fourth-order valence-electron chi connectivity index (χ4n) is 2.13. The molecule has 0 aliphatic heterocycles. The lowest BCUT2D eigenvalue weighted by atomic mass is 10.2. The van der Waals surface area contributed by atoms with Gasteiger partial charge in [-0.05, 0) is 31.2 Å². The fourth-order valence-corrected chi connectivity index (χ4v) is 2.13. The van der Waals surface area contributed by atoms with Crippen molar-refractivity contribution in [2.24, 2.45) is 0 Å². The number of pyridine rings is 1. The molecule has 0 saturated heterocycles. The lowest BCUT2D eigenvalue weighted by Crippen LogP contribution is -2.00. The topological polar surface area (TPSA) is 119 Å². The Morgan fingerprint density at radius 2 is 1.92 bits per heavy atom. The molecule has 8 nitrogen and oxygen atoms in total. The Kier molecular flexibility index (Phi) is 5.85. The highest BCUT2D eigenvalue weighted by Crippen LogP contribution is 2.32. The minimum absolute atomic E-state index is 0.0114. The van der Waals surface area contributed by atoms with E-state index in [2.05, 4.69) is 14.7 Å². The van der Waals surface area contributed by atoms with Gasteiger partial charge in [-0.3, -0.25) is 4.98 Å². The number of phenolic OH excluding ortho intramolecular Hbond substituents is 1. The number of H-pyrrole nitrogens is 1. The zero-order chi connectivity index (χ0) is 18.4. The van der Waals surface area contributed by atoms with E-state index in [1.807, 2.05) is 13.0 Å². The highest BCUT2D eigenvalue weighted by atomic mass is 32.1. The van der Waals surface area contributed by atoms with Gasteiger partial charge in [-0.25, -0.2) is 4.79 Å². The number of esters is 1. The number of benzene rings is 1. The molecule has 0 radical (unpaired) electrons. The summed E-state index contributed by atoms with van der Waals surface area (Å²) in [5.41, 5.74) is 1.61. The van der Waals surface area contributed by atoms with Gasteiger partial charge in [0.1, 0.15) is 22.9 Å².